The summed E-state index contributed by atoms with van der Waals surface area (Å²) < 4.78 is 64.7. The first-order valence-electron chi connectivity index (χ1n) is 7.42. The second-order valence-corrected chi connectivity index (χ2v) is 7.29. The molecule has 2 rings (SSSR count). The van der Waals surface area contributed by atoms with Crippen molar-refractivity contribution in [2.45, 2.75) is 30.3 Å². The molecular formula is C17H18F3NO2S. The van der Waals surface area contributed by atoms with Gasteiger partial charge in [0.1, 0.15) is 0 Å². The summed E-state index contributed by atoms with van der Waals surface area (Å²) in [6.45, 7) is 2.11. The number of benzene rings is 2. The van der Waals surface area contributed by atoms with Crippen LogP contribution in [0.15, 0.2) is 59.5 Å². The molecule has 0 radical (unpaired) electrons. The molecule has 0 heterocycles. The number of hydrogen-bond acceptors (Lipinski definition) is 2. The monoisotopic (exact) mass is 357 g/mol. The molecular weight excluding hydrogens is 339 g/mol. The fourth-order valence-electron chi connectivity index (χ4n) is 2.28. The number of rotatable bonds is 6. The lowest BCUT2D eigenvalue weighted by Gasteiger charge is -2.13. The van der Waals surface area contributed by atoms with Crippen molar-refractivity contribution in [1.29, 1.82) is 0 Å². The highest BCUT2D eigenvalue weighted by Gasteiger charge is 2.31. The van der Waals surface area contributed by atoms with Gasteiger partial charge in [-0.15, -0.1) is 0 Å². The summed E-state index contributed by atoms with van der Waals surface area (Å²) in [4.78, 5) is -0.385. The summed E-state index contributed by atoms with van der Waals surface area (Å²) in [5.74, 6) is 0.135. The fourth-order valence-corrected chi connectivity index (χ4v) is 3.37. The molecule has 0 spiro atoms. The Labute approximate surface area is 139 Å². The molecule has 0 amide bonds. The van der Waals surface area contributed by atoms with Crippen LogP contribution in [0.4, 0.5) is 13.2 Å². The highest BCUT2D eigenvalue weighted by Crippen LogP contribution is 2.30. The van der Waals surface area contributed by atoms with Crippen molar-refractivity contribution >= 4 is 10.0 Å². The Balaban J connectivity index is 2.02. The summed E-state index contributed by atoms with van der Waals surface area (Å²) in [7, 11) is -3.97. The molecule has 0 aliphatic heterocycles. The zero-order valence-electron chi connectivity index (χ0n) is 13.0. The first-order valence-corrected chi connectivity index (χ1v) is 8.90. The van der Waals surface area contributed by atoms with Crippen molar-refractivity contribution in [2.24, 2.45) is 0 Å². The molecule has 0 aliphatic rings. The summed E-state index contributed by atoms with van der Waals surface area (Å²) in [5.41, 5.74) is 0.0961. The van der Waals surface area contributed by atoms with Gasteiger partial charge in [-0.2, -0.15) is 13.2 Å². The first-order chi connectivity index (χ1) is 11.2. The van der Waals surface area contributed by atoms with Crippen molar-refractivity contribution in [2.75, 3.05) is 6.54 Å². The number of halogens is 3. The van der Waals surface area contributed by atoms with Gasteiger partial charge < -0.3 is 0 Å². The van der Waals surface area contributed by atoms with Crippen LogP contribution in [0, 0.1) is 0 Å². The Kier molecular flexibility index (Phi) is 5.66. The highest BCUT2D eigenvalue weighted by molar-refractivity contribution is 7.89. The molecule has 130 valence electrons. The maximum absolute atomic E-state index is 12.7. The lowest BCUT2D eigenvalue weighted by molar-refractivity contribution is -0.137. The van der Waals surface area contributed by atoms with E-state index >= 15 is 0 Å². The average molecular weight is 357 g/mol. The third-order valence-corrected chi connectivity index (χ3v) is 5.17. The van der Waals surface area contributed by atoms with E-state index in [2.05, 4.69) is 4.72 Å². The van der Waals surface area contributed by atoms with Crippen molar-refractivity contribution in [3.05, 3.63) is 65.7 Å². The van der Waals surface area contributed by atoms with Crippen LogP contribution in [-0.2, 0) is 16.2 Å². The van der Waals surface area contributed by atoms with Crippen molar-refractivity contribution in [1.82, 2.24) is 4.72 Å². The van der Waals surface area contributed by atoms with Crippen molar-refractivity contribution in [3.63, 3.8) is 0 Å². The van der Waals surface area contributed by atoms with Crippen LogP contribution < -0.4 is 4.72 Å². The Bertz CT molecular complexity index is 774. The molecule has 2 aromatic rings. The largest absolute Gasteiger partial charge is 0.416 e. The van der Waals surface area contributed by atoms with Gasteiger partial charge in [-0.25, -0.2) is 13.1 Å². The Morgan fingerprint density at radius 1 is 1.04 bits per heavy atom. The predicted molar refractivity (Wildman–Crippen MR) is 86.1 cm³/mol. The first kappa shape index (κ1) is 18.5. The van der Waals surface area contributed by atoms with Gasteiger partial charge in [-0.1, -0.05) is 43.3 Å². The zero-order valence-corrected chi connectivity index (χ0v) is 13.9. The van der Waals surface area contributed by atoms with Gasteiger partial charge in [0.2, 0.25) is 10.0 Å². The summed E-state index contributed by atoms with van der Waals surface area (Å²) in [6, 6.07) is 13.3. The molecule has 0 aromatic heterocycles. The molecule has 0 aliphatic carbocycles. The Hall–Kier alpha value is -1.86. The van der Waals surface area contributed by atoms with Crippen LogP contribution in [0.25, 0.3) is 0 Å². The van der Waals surface area contributed by atoms with Gasteiger partial charge in [-0.3, -0.25) is 0 Å². The number of hydrogen-bond donors (Lipinski definition) is 1. The maximum Gasteiger partial charge on any atom is 0.416 e. The van der Waals surface area contributed by atoms with Gasteiger partial charge in [0, 0.05) is 6.54 Å². The van der Waals surface area contributed by atoms with Gasteiger partial charge in [0.15, 0.2) is 0 Å². The lowest BCUT2D eigenvalue weighted by Crippen LogP contribution is -2.26. The quantitative estimate of drug-likeness (QED) is 0.843. The summed E-state index contributed by atoms with van der Waals surface area (Å²) in [6.07, 6.45) is -4.03. The SMILES string of the molecule is CC(CCNS(=O)(=O)c1cccc(C(F)(F)F)c1)c1ccccc1. The van der Waals surface area contributed by atoms with E-state index in [4.69, 9.17) is 0 Å². The van der Waals surface area contributed by atoms with Crippen LogP contribution >= 0.6 is 0 Å². The summed E-state index contributed by atoms with van der Waals surface area (Å²) >= 11 is 0. The normalized spacial score (nSPS) is 13.7. The van der Waals surface area contributed by atoms with E-state index in [9.17, 15) is 21.6 Å². The molecule has 1 N–H and O–H groups in total. The minimum Gasteiger partial charge on any atom is -0.211 e. The van der Waals surface area contributed by atoms with E-state index in [0.29, 0.717) is 12.5 Å². The smallest absolute Gasteiger partial charge is 0.211 e. The topological polar surface area (TPSA) is 46.2 Å². The van der Waals surface area contributed by atoms with E-state index in [1.54, 1.807) is 0 Å². The van der Waals surface area contributed by atoms with Crippen LogP contribution in [0.2, 0.25) is 0 Å². The predicted octanol–water partition coefficient (Wildman–Crippen LogP) is 4.18. The molecule has 0 fully saturated rings. The molecule has 2 aromatic carbocycles. The number of sulfonamides is 1. The molecule has 24 heavy (non-hydrogen) atoms. The minimum atomic E-state index is -4.58. The van der Waals surface area contributed by atoms with Crippen molar-refractivity contribution < 1.29 is 21.6 Å². The molecule has 0 saturated carbocycles. The van der Waals surface area contributed by atoms with E-state index in [1.165, 1.54) is 0 Å². The van der Waals surface area contributed by atoms with Crippen LogP contribution in [-0.4, -0.2) is 15.0 Å². The third-order valence-electron chi connectivity index (χ3n) is 3.71. The molecule has 7 heteroatoms. The van der Waals surface area contributed by atoms with Gasteiger partial charge in [0.25, 0.3) is 0 Å². The molecule has 3 nitrogen and oxygen atoms in total. The zero-order chi connectivity index (χ0) is 17.8. The average Bonchev–Trinajstić information content (AvgIpc) is 2.55. The van der Waals surface area contributed by atoms with Crippen LogP contribution in [0.1, 0.15) is 30.4 Å². The molecule has 1 unspecified atom stereocenters. The Morgan fingerprint density at radius 2 is 1.71 bits per heavy atom. The van der Waals surface area contributed by atoms with Gasteiger partial charge in [0.05, 0.1) is 10.5 Å². The second-order valence-electron chi connectivity index (χ2n) is 5.52. The second kappa shape index (κ2) is 7.36. The number of alkyl halides is 3. The number of nitrogens with one attached hydrogen (secondary N) is 1. The van der Waals surface area contributed by atoms with Crippen molar-refractivity contribution in [3.8, 4) is 0 Å². The standard InChI is InChI=1S/C17H18F3NO2S/c1-13(14-6-3-2-4-7-14)10-11-21-24(22,23)16-9-5-8-15(12-16)17(18,19)20/h2-9,12-13,21H,10-11H2,1H3. The van der Waals surface area contributed by atoms with E-state index in [-0.39, 0.29) is 17.4 Å². The van der Waals surface area contributed by atoms with E-state index < -0.39 is 21.8 Å². The van der Waals surface area contributed by atoms with E-state index in [1.807, 2.05) is 37.3 Å². The molecule has 0 bridgehead atoms. The summed E-state index contributed by atoms with van der Waals surface area (Å²) in [5, 5.41) is 0. The Morgan fingerprint density at radius 3 is 2.33 bits per heavy atom. The fraction of sp³-hybridized carbons (Fsp3) is 0.294. The maximum atomic E-state index is 12.7. The van der Waals surface area contributed by atoms with Crippen LogP contribution in [0.5, 0.6) is 0 Å². The lowest BCUT2D eigenvalue weighted by atomic mass is 9.98. The van der Waals surface area contributed by atoms with Gasteiger partial charge in [-0.05, 0) is 36.1 Å². The minimum absolute atomic E-state index is 0.135. The third kappa shape index (κ3) is 4.82. The van der Waals surface area contributed by atoms with Gasteiger partial charge >= 0.3 is 6.18 Å². The van der Waals surface area contributed by atoms with Crippen LogP contribution in [0.3, 0.4) is 0 Å². The van der Waals surface area contributed by atoms with E-state index in [0.717, 1.165) is 23.8 Å². The highest BCUT2D eigenvalue weighted by atomic mass is 32.2. The molecule has 1 atom stereocenters. The molecule has 0 saturated heterocycles.